The van der Waals surface area contributed by atoms with Crippen LogP contribution < -0.4 is 0 Å². The average molecular weight is 397 g/mol. The molecule has 0 heterocycles. The van der Waals surface area contributed by atoms with Gasteiger partial charge in [-0.2, -0.15) is 0 Å². The largest absolute Gasteiger partial charge is 0.0959 e. The van der Waals surface area contributed by atoms with Crippen molar-refractivity contribution in [3.05, 3.63) is 24.3 Å². The molecule has 4 aliphatic carbocycles. The van der Waals surface area contributed by atoms with Crippen molar-refractivity contribution < 1.29 is 0 Å². The predicted octanol–water partition coefficient (Wildman–Crippen LogP) is 8.83. The smallest absolute Gasteiger partial charge is 0.0264 e. The zero-order valence-corrected chi connectivity index (χ0v) is 20.2. The van der Waals surface area contributed by atoms with Crippen LogP contribution in [0.1, 0.15) is 105 Å². The van der Waals surface area contributed by atoms with Crippen molar-refractivity contribution in [2.45, 2.75) is 105 Å². The fraction of sp³-hybridized carbons (Fsp3) is 0.862. The highest BCUT2D eigenvalue weighted by atomic mass is 14.6. The normalized spacial score (nSPS) is 47.6. The summed E-state index contributed by atoms with van der Waals surface area (Å²) >= 11 is 0. The van der Waals surface area contributed by atoms with Crippen LogP contribution in [0.25, 0.3) is 0 Å². The molecule has 4 fully saturated rings. The zero-order chi connectivity index (χ0) is 21.0. The van der Waals surface area contributed by atoms with Gasteiger partial charge in [-0.3, -0.25) is 0 Å². The molecule has 4 saturated carbocycles. The van der Waals surface area contributed by atoms with Crippen molar-refractivity contribution >= 4 is 0 Å². The Balaban J connectivity index is 1.47. The van der Waals surface area contributed by atoms with Crippen LogP contribution in [-0.4, -0.2) is 0 Å². The first-order valence-electron chi connectivity index (χ1n) is 13.0. The molecule has 0 nitrogen and oxygen atoms in total. The van der Waals surface area contributed by atoms with Gasteiger partial charge in [0.1, 0.15) is 0 Å². The van der Waals surface area contributed by atoms with Gasteiger partial charge in [0.2, 0.25) is 0 Å². The van der Waals surface area contributed by atoms with E-state index in [-0.39, 0.29) is 0 Å². The van der Waals surface area contributed by atoms with E-state index in [2.05, 4.69) is 47.8 Å². The van der Waals surface area contributed by atoms with Gasteiger partial charge in [0.25, 0.3) is 0 Å². The Morgan fingerprint density at radius 2 is 1.62 bits per heavy atom. The van der Waals surface area contributed by atoms with Gasteiger partial charge >= 0.3 is 0 Å². The number of allylic oxidation sites excluding steroid dienone is 2. The maximum Gasteiger partial charge on any atom is -0.0264 e. The second kappa shape index (κ2) is 7.87. The molecule has 0 bridgehead atoms. The summed E-state index contributed by atoms with van der Waals surface area (Å²) in [6.45, 7) is 21.0. The summed E-state index contributed by atoms with van der Waals surface area (Å²) in [5.74, 6) is 6.85. The van der Waals surface area contributed by atoms with Crippen LogP contribution in [0.15, 0.2) is 24.3 Å². The summed E-state index contributed by atoms with van der Waals surface area (Å²) in [5.41, 5.74) is 3.73. The first-order valence-corrected chi connectivity index (χ1v) is 13.0. The van der Waals surface area contributed by atoms with Gasteiger partial charge in [-0.15, -0.1) is 0 Å². The maximum absolute atomic E-state index is 4.26. The van der Waals surface area contributed by atoms with Gasteiger partial charge in [-0.1, -0.05) is 58.4 Å². The molecule has 0 aliphatic heterocycles. The summed E-state index contributed by atoms with van der Waals surface area (Å²) in [6, 6.07) is 0. The minimum absolute atomic E-state index is 0.607. The van der Waals surface area contributed by atoms with Gasteiger partial charge < -0.3 is 0 Å². The van der Waals surface area contributed by atoms with Gasteiger partial charge in [0.15, 0.2) is 0 Å². The van der Waals surface area contributed by atoms with Crippen molar-refractivity contribution in [1.82, 2.24) is 0 Å². The standard InChI is InChI=1S/C29H48/c1-19(2)21(4)8-9-22(5)25-12-13-26-24-11-10-23-18-20(3)14-16-28(23,6)27(24)15-17-29(25,26)7/h20,22-27H,1,4,8-18H2,2-3,5-7H3. The summed E-state index contributed by atoms with van der Waals surface area (Å²) in [5, 5.41) is 0. The molecule has 0 saturated heterocycles. The average Bonchev–Trinajstić information content (AvgIpc) is 3.03. The van der Waals surface area contributed by atoms with Crippen LogP contribution in [0, 0.1) is 52.3 Å². The van der Waals surface area contributed by atoms with E-state index in [9.17, 15) is 0 Å². The maximum atomic E-state index is 4.26. The molecule has 9 atom stereocenters. The molecule has 0 aromatic heterocycles. The van der Waals surface area contributed by atoms with Crippen molar-refractivity contribution in [3.63, 3.8) is 0 Å². The number of fused-ring (bicyclic) bond motifs is 5. The Hall–Kier alpha value is -0.520. The van der Waals surface area contributed by atoms with E-state index in [1.54, 1.807) is 6.42 Å². The summed E-state index contributed by atoms with van der Waals surface area (Å²) in [4.78, 5) is 0. The molecule has 0 heteroatoms. The van der Waals surface area contributed by atoms with Crippen LogP contribution >= 0.6 is 0 Å². The SMILES string of the molecule is C=C(C)C(=C)CCC(C)C1CCC2C3CCC4CC(C)CCC4(C)C3CCC12C. The molecule has 0 spiro atoms. The topological polar surface area (TPSA) is 0 Å². The molecule has 0 aromatic carbocycles. The van der Waals surface area contributed by atoms with Crippen molar-refractivity contribution in [3.8, 4) is 0 Å². The number of rotatable bonds is 5. The Morgan fingerprint density at radius 1 is 0.931 bits per heavy atom. The fourth-order valence-electron chi connectivity index (χ4n) is 9.26. The fourth-order valence-corrected chi connectivity index (χ4v) is 9.26. The van der Waals surface area contributed by atoms with Crippen LogP contribution in [0.3, 0.4) is 0 Å². The Kier molecular flexibility index (Phi) is 5.89. The molecule has 0 aromatic rings. The second-order valence-electron chi connectivity index (χ2n) is 12.7. The monoisotopic (exact) mass is 396 g/mol. The second-order valence-corrected chi connectivity index (χ2v) is 12.7. The van der Waals surface area contributed by atoms with Gasteiger partial charge in [-0.25, -0.2) is 0 Å². The van der Waals surface area contributed by atoms with Crippen molar-refractivity contribution in [2.75, 3.05) is 0 Å². The molecule has 9 unspecified atom stereocenters. The summed E-state index contributed by atoms with van der Waals surface area (Å²) in [6.07, 6.45) is 16.1. The highest BCUT2D eigenvalue weighted by Crippen LogP contribution is 2.68. The van der Waals surface area contributed by atoms with E-state index >= 15 is 0 Å². The molecule has 0 radical (unpaired) electrons. The molecule has 29 heavy (non-hydrogen) atoms. The van der Waals surface area contributed by atoms with E-state index < -0.39 is 0 Å². The minimum Gasteiger partial charge on any atom is -0.0959 e. The van der Waals surface area contributed by atoms with Gasteiger partial charge in [0.05, 0.1) is 0 Å². The third-order valence-electron chi connectivity index (χ3n) is 11.2. The first-order chi connectivity index (χ1) is 13.7. The number of hydrogen-bond acceptors (Lipinski definition) is 0. The molecular weight excluding hydrogens is 348 g/mol. The van der Waals surface area contributed by atoms with E-state index in [0.717, 1.165) is 47.8 Å². The lowest BCUT2D eigenvalue weighted by Gasteiger charge is -2.61. The zero-order valence-electron chi connectivity index (χ0n) is 20.2. The van der Waals surface area contributed by atoms with Crippen molar-refractivity contribution in [1.29, 1.82) is 0 Å². The highest BCUT2D eigenvalue weighted by Gasteiger charge is 2.60. The van der Waals surface area contributed by atoms with Crippen LogP contribution in [0.2, 0.25) is 0 Å². The highest BCUT2D eigenvalue weighted by molar-refractivity contribution is 5.22. The van der Waals surface area contributed by atoms with E-state index in [4.69, 9.17) is 0 Å². The predicted molar refractivity (Wildman–Crippen MR) is 127 cm³/mol. The molecular formula is C29H48. The third kappa shape index (κ3) is 3.59. The lowest BCUT2D eigenvalue weighted by molar-refractivity contribution is -0.120. The lowest BCUT2D eigenvalue weighted by Crippen LogP contribution is -2.53. The molecule has 0 amide bonds. The van der Waals surface area contributed by atoms with Gasteiger partial charge in [-0.05, 0) is 123 Å². The van der Waals surface area contributed by atoms with Crippen LogP contribution in [0.5, 0.6) is 0 Å². The van der Waals surface area contributed by atoms with Gasteiger partial charge in [0, 0.05) is 0 Å². The third-order valence-corrected chi connectivity index (χ3v) is 11.2. The number of hydrogen-bond donors (Lipinski definition) is 0. The Morgan fingerprint density at radius 3 is 2.34 bits per heavy atom. The minimum atomic E-state index is 0.607. The Labute approximate surface area is 182 Å². The van der Waals surface area contributed by atoms with Crippen LogP contribution in [0.4, 0.5) is 0 Å². The molecule has 4 aliphatic rings. The lowest BCUT2D eigenvalue weighted by atomic mass is 9.44. The molecule has 4 rings (SSSR count). The van der Waals surface area contributed by atoms with E-state index in [1.165, 1.54) is 68.9 Å². The van der Waals surface area contributed by atoms with E-state index in [0.29, 0.717) is 10.8 Å². The summed E-state index contributed by atoms with van der Waals surface area (Å²) in [7, 11) is 0. The Bertz CT molecular complexity index is 642. The van der Waals surface area contributed by atoms with E-state index in [1.807, 2.05) is 0 Å². The van der Waals surface area contributed by atoms with Crippen LogP contribution in [-0.2, 0) is 0 Å². The molecule has 0 N–H and O–H groups in total. The summed E-state index contributed by atoms with van der Waals surface area (Å²) < 4.78 is 0. The van der Waals surface area contributed by atoms with Crippen molar-refractivity contribution in [2.24, 2.45) is 52.3 Å². The quantitative estimate of drug-likeness (QED) is 0.407. The first kappa shape index (κ1) is 21.7. The molecule has 164 valence electrons.